The van der Waals surface area contributed by atoms with Crippen molar-refractivity contribution in [3.63, 3.8) is 0 Å². The minimum Gasteiger partial charge on any atom is -0.319 e. The minimum absolute atomic E-state index is 0.840. The number of hydrogen-bond donors (Lipinski definition) is 1. The second-order valence-electron chi connectivity index (χ2n) is 5.96. The van der Waals surface area contributed by atoms with Gasteiger partial charge in [-0.15, -0.1) is 0 Å². The Morgan fingerprint density at radius 3 is 2.43 bits per heavy atom. The Morgan fingerprint density at radius 1 is 1.07 bits per heavy atom. The SMILES string of the molecule is CNCC1CC12CCC21CCCCC1. The molecule has 0 aromatic carbocycles. The van der Waals surface area contributed by atoms with Crippen molar-refractivity contribution in [2.24, 2.45) is 16.7 Å². The predicted octanol–water partition coefficient (Wildman–Crippen LogP) is 2.96. The molecule has 0 heterocycles. The molecule has 2 unspecified atom stereocenters. The maximum Gasteiger partial charge on any atom is -0.00178 e. The van der Waals surface area contributed by atoms with Gasteiger partial charge in [-0.25, -0.2) is 0 Å². The molecule has 0 amide bonds. The van der Waals surface area contributed by atoms with Gasteiger partial charge < -0.3 is 5.32 Å². The van der Waals surface area contributed by atoms with Crippen molar-refractivity contribution < 1.29 is 0 Å². The van der Waals surface area contributed by atoms with Crippen molar-refractivity contribution in [3.05, 3.63) is 0 Å². The highest BCUT2D eigenvalue weighted by Crippen LogP contribution is 2.78. The third-order valence-electron chi connectivity index (χ3n) is 5.60. The van der Waals surface area contributed by atoms with Crippen LogP contribution in [0.4, 0.5) is 0 Å². The summed E-state index contributed by atoms with van der Waals surface area (Å²) in [6, 6.07) is 0. The summed E-state index contributed by atoms with van der Waals surface area (Å²) >= 11 is 0. The largest absolute Gasteiger partial charge is 0.319 e. The van der Waals surface area contributed by atoms with Crippen LogP contribution in [-0.2, 0) is 0 Å². The molecule has 2 spiro atoms. The normalized spacial score (nSPS) is 43.9. The van der Waals surface area contributed by atoms with Crippen molar-refractivity contribution in [3.8, 4) is 0 Å². The molecule has 0 saturated heterocycles. The van der Waals surface area contributed by atoms with E-state index in [1.54, 1.807) is 32.1 Å². The van der Waals surface area contributed by atoms with E-state index in [4.69, 9.17) is 0 Å². The number of fused-ring (bicyclic) bond motifs is 1. The molecule has 1 N–H and O–H groups in total. The van der Waals surface area contributed by atoms with E-state index in [1.165, 1.54) is 25.8 Å². The number of nitrogens with one attached hydrogen (secondary N) is 1. The van der Waals surface area contributed by atoms with Crippen molar-refractivity contribution in [1.82, 2.24) is 5.32 Å². The summed E-state index contributed by atoms with van der Waals surface area (Å²) in [5.74, 6) is 1.04. The van der Waals surface area contributed by atoms with Crippen molar-refractivity contribution >= 4 is 0 Å². The summed E-state index contributed by atoms with van der Waals surface area (Å²) in [5, 5.41) is 3.38. The topological polar surface area (TPSA) is 12.0 Å². The highest BCUT2D eigenvalue weighted by Gasteiger charge is 2.70. The van der Waals surface area contributed by atoms with Crippen LogP contribution in [0.5, 0.6) is 0 Å². The van der Waals surface area contributed by atoms with Gasteiger partial charge >= 0.3 is 0 Å². The van der Waals surface area contributed by atoms with Crippen molar-refractivity contribution in [2.45, 2.75) is 51.4 Å². The average molecular weight is 193 g/mol. The molecule has 3 fully saturated rings. The molecule has 80 valence electrons. The smallest absolute Gasteiger partial charge is 0.00178 e. The van der Waals surface area contributed by atoms with Gasteiger partial charge in [0.2, 0.25) is 0 Å². The molecule has 1 nitrogen and oxygen atoms in total. The van der Waals surface area contributed by atoms with E-state index in [9.17, 15) is 0 Å². The standard InChI is InChI=1S/C13H23N/c1-14-10-11-9-13(11)8-7-12(13)5-3-2-4-6-12/h11,14H,2-10H2,1H3. The van der Waals surface area contributed by atoms with Gasteiger partial charge in [-0.3, -0.25) is 0 Å². The van der Waals surface area contributed by atoms with Crippen LogP contribution in [0.15, 0.2) is 0 Å². The molecule has 3 aliphatic carbocycles. The maximum atomic E-state index is 3.38. The Morgan fingerprint density at radius 2 is 1.86 bits per heavy atom. The second-order valence-corrected chi connectivity index (χ2v) is 5.96. The van der Waals surface area contributed by atoms with Gasteiger partial charge in [0.05, 0.1) is 0 Å². The summed E-state index contributed by atoms with van der Waals surface area (Å²) in [5.41, 5.74) is 1.68. The molecule has 3 aliphatic rings. The highest BCUT2D eigenvalue weighted by atomic mass is 14.9. The molecule has 0 bridgehead atoms. The zero-order chi connectivity index (χ0) is 9.65. The lowest BCUT2D eigenvalue weighted by atomic mass is 9.50. The van der Waals surface area contributed by atoms with E-state index in [1.807, 2.05) is 0 Å². The van der Waals surface area contributed by atoms with E-state index >= 15 is 0 Å². The molecular weight excluding hydrogens is 170 g/mol. The predicted molar refractivity (Wildman–Crippen MR) is 59.2 cm³/mol. The zero-order valence-electron chi connectivity index (χ0n) is 9.44. The summed E-state index contributed by atoms with van der Waals surface area (Å²) in [6.07, 6.45) is 12.3. The van der Waals surface area contributed by atoms with E-state index < -0.39 is 0 Å². The molecule has 0 aromatic heterocycles. The Labute approximate surface area is 87.7 Å². The van der Waals surface area contributed by atoms with E-state index in [0.717, 1.165) is 16.7 Å². The fraction of sp³-hybridized carbons (Fsp3) is 1.00. The van der Waals surface area contributed by atoms with Gasteiger partial charge in [0.15, 0.2) is 0 Å². The summed E-state index contributed by atoms with van der Waals surface area (Å²) in [6.45, 7) is 1.28. The van der Waals surface area contributed by atoms with Crippen LogP contribution in [0.2, 0.25) is 0 Å². The summed E-state index contributed by atoms with van der Waals surface area (Å²) in [4.78, 5) is 0. The second kappa shape index (κ2) is 2.98. The monoisotopic (exact) mass is 193 g/mol. The lowest BCUT2D eigenvalue weighted by Gasteiger charge is -2.54. The molecule has 3 saturated carbocycles. The number of hydrogen-bond acceptors (Lipinski definition) is 1. The molecule has 1 heteroatoms. The fourth-order valence-corrected chi connectivity index (χ4v) is 4.63. The molecule has 3 rings (SSSR count). The number of rotatable bonds is 2. The van der Waals surface area contributed by atoms with Crippen LogP contribution < -0.4 is 5.32 Å². The van der Waals surface area contributed by atoms with Crippen molar-refractivity contribution in [2.75, 3.05) is 13.6 Å². The third kappa shape index (κ3) is 0.997. The average Bonchev–Trinajstić information content (AvgIpc) is 2.96. The molecule has 0 radical (unpaired) electrons. The first kappa shape index (κ1) is 9.21. The lowest BCUT2D eigenvalue weighted by Crippen LogP contribution is -2.45. The zero-order valence-corrected chi connectivity index (χ0v) is 9.44. The van der Waals surface area contributed by atoms with Crippen LogP contribution in [-0.4, -0.2) is 13.6 Å². The maximum absolute atomic E-state index is 3.38. The van der Waals surface area contributed by atoms with Crippen LogP contribution in [0.25, 0.3) is 0 Å². The first-order valence-electron chi connectivity index (χ1n) is 6.48. The van der Waals surface area contributed by atoms with E-state index in [-0.39, 0.29) is 0 Å². The Kier molecular flexibility index (Phi) is 1.96. The van der Waals surface area contributed by atoms with Gasteiger partial charge in [0, 0.05) is 0 Å². The lowest BCUT2D eigenvalue weighted by molar-refractivity contribution is -0.0422. The van der Waals surface area contributed by atoms with Crippen molar-refractivity contribution in [1.29, 1.82) is 0 Å². The molecule has 0 aliphatic heterocycles. The van der Waals surface area contributed by atoms with Crippen LogP contribution >= 0.6 is 0 Å². The quantitative estimate of drug-likeness (QED) is 0.711. The summed E-state index contributed by atoms with van der Waals surface area (Å²) in [7, 11) is 2.11. The van der Waals surface area contributed by atoms with Crippen LogP contribution in [0.1, 0.15) is 51.4 Å². The van der Waals surface area contributed by atoms with Crippen LogP contribution in [0.3, 0.4) is 0 Å². The molecule has 0 aromatic rings. The Hall–Kier alpha value is -0.0400. The first-order valence-corrected chi connectivity index (χ1v) is 6.48. The van der Waals surface area contributed by atoms with E-state index in [0.29, 0.717) is 0 Å². The van der Waals surface area contributed by atoms with Gasteiger partial charge in [-0.2, -0.15) is 0 Å². The van der Waals surface area contributed by atoms with Gasteiger partial charge in [-0.1, -0.05) is 19.3 Å². The van der Waals surface area contributed by atoms with Gasteiger partial charge in [-0.05, 0) is 62.4 Å². The Balaban J connectivity index is 1.71. The minimum atomic E-state index is 0.840. The first-order chi connectivity index (χ1) is 6.83. The third-order valence-corrected chi connectivity index (χ3v) is 5.60. The molecule has 2 atom stereocenters. The van der Waals surface area contributed by atoms with Crippen LogP contribution in [0, 0.1) is 16.7 Å². The molecular formula is C13H23N. The van der Waals surface area contributed by atoms with Gasteiger partial charge in [0.1, 0.15) is 0 Å². The Bertz CT molecular complexity index is 229. The summed E-state index contributed by atoms with van der Waals surface area (Å²) < 4.78 is 0. The van der Waals surface area contributed by atoms with E-state index in [2.05, 4.69) is 12.4 Å². The van der Waals surface area contributed by atoms with Gasteiger partial charge in [0.25, 0.3) is 0 Å². The molecule has 14 heavy (non-hydrogen) atoms. The fourth-order valence-electron chi connectivity index (χ4n) is 4.63. The highest BCUT2D eigenvalue weighted by molar-refractivity contribution is 5.20.